The van der Waals surface area contributed by atoms with E-state index in [1.54, 1.807) is 0 Å². The first-order valence-corrected chi connectivity index (χ1v) is 5.79. The molecule has 0 amide bonds. The van der Waals surface area contributed by atoms with Crippen LogP contribution in [0.5, 0.6) is 5.75 Å². The third kappa shape index (κ3) is 5.05. The van der Waals surface area contributed by atoms with E-state index in [1.807, 2.05) is 19.1 Å². The molecule has 1 rings (SSSR count). The molecule has 0 aliphatic rings. The molecule has 0 aliphatic heterocycles. The van der Waals surface area contributed by atoms with Crippen LogP contribution in [0.1, 0.15) is 18.9 Å². The summed E-state index contributed by atoms with van der Waals surface area (Å²) in [5, 5.41) is 0. The zero-order valence-corrected chi connectivity index (χ0v) is 9.83. The predicted molar refractivity (Wildman–Crippen MR) is 64.6 cm³/mol. The Balaban J connectivity index is 2.42. The number of halogens is 1. The maximum atomic E-state index is 5.71. The van der Waals surface area contributed by atoms with E-state index < -0.39 is 0 Å². The van der Waals surface area contributed by atoms with Crippen molar-refractivity contribution in [3.8, 4) is 5.75 Å². The van der Waals surface area contributed by atoms with Crippen LogP contribution in [0.4, 0.5) is 0 Å². The van der Waals surface area contributed by atoms with Crippen LogP contribution in [0, 0.1) is 0 Å². The molecule has 2 nitrogen and oxygen atoms in total. The Hall–Kier alpha value is -0.730. The van der Waals surface area contributed by atoms with Crippen LogP contribution >= 0.6 is 11.6 Å². The predicted octanol–water partition coefficient (Wildman–Crippen LogP) is 2.58. The Bertz CT molecular complexity index is 271. The van der Waals surface area contributed by atoms with E-state index >= 15 is 0 Å². The lowest BCUT2D eigenvalue weighted by Crippen LogP contribution is -2.17. The fourth-order valence-electron chi connectivity index (χ4n) is 1.34. The van der Waals surface area contributed by atoms with Crippen molar-refractivity contribution >= 4 is 11.6 Å². The standard InChI is InChI=1S/C12H18ClNO/c1-10(14)9-11-3-5-12(6-4-11)15-8-2-7-13/h3-6,10H,2,7-9,14H2,1H3. The molecule has 0 radical (unpaired) electrons. The Kier molecular flexibility index (Phi) is 5.51. The van der Waals surface area contributed by atoms with Crippen molar-refractivity contribution in [1.29, 1.82) is 0 Å². The second kappa shape index (κ2) is 6.70. The molecule has 0 heterocycles. The first-order chi connectivity index (χ1) is 7.22. The van der Waals surface area contributed by atoms with Crippen molar-refractivity contribution in [2.24, 2.45) is 5.73 Å². The molecule has 0 saturated carbocycles. The molecule has 3 heteroatoms. The minimum Gasteiger partial charge on any atom is -0.494 e. The highest BCUT2D eigenvalue weighted by Crippen LogP contribution is 2.13. The summed E-state index contributed by atoms with van der Waals surface area (Å²) in [5.74, 6) is 1.54. The third-order valence-corrected chi connectivity index (χ3v) is 2.29. The van der Waals surface area contributed by atoms with E-state index in [4.69, 9.17) is 22.1 Å². The number of nitrogens with two attached hydrogens (primary N) is 1. The van der Waals surface area contributed by atoms with E-state index in [1.165, 1.54) is 5.56 Å². The van der Waals surface area contributed by atoms with Crippen molar-refractivity contribution in [2.45, 2.75) is 25.8 Å². The van der Waals surface area contributed by atoms with Gasteiger partial charge in [0.15, 0.2) is 0 Å². The Morgan fingerprint density at radius 1 is 1.33 bits per heavy atom. The molecule has 1 atom stereocenters. The molecule has 0 spiro atoms. The molecule has 15 heavy (non-hydrogen) atoms. The zero-order valence-electron chi connectivity index (χ0n) is 9.08. The fourth-order valence-corrected chi connectivity index (χ4v) is 1.45. The Labute approximate surface area is 96.4 Å². The van der Waals surface area contributed by atoms with Crippen molar-refractivity contribution in [1.82, 2.24) is 0 Å². The van der Waals surface area contributed by atoms with Gasteiger partial charge in [0.25, 0.3) is 0 Å². The lowest BCUT2D eigenvalue weighted by Gasteiger charge is -2.07. The van der Waals surface area contributed by atoms with Gasteiger partial charge in [-0.2, -0.15) is 0 Å². The van der Waals surface area contributed by atoms with Crippen LogP contribution in [-0.4, -0.2) is 18.5 Å². The van der Waals surface area contributed by atoms with E-state index in [9.17, 15) is 0 Å². The summed E-state index contributed by atoms with van der Waals surface area (Å²) in [7, 11) is 0. The maximum absolute atomic E-state index is 5.71. The van der Waals surface area contributed by atoms with E-state index in [0.29, 0.717) is 12.5 Å². The molecule has 0 aromatic heterocycles. The average Bonchev–Trinajstić information content (AvgIpc) is 2.20. The van der Waals surface area contributed by atoms with E-state index in [2.05, 4.69) is 12.1 Å². The number of ether oxygens (including phenoxy) is 1. The van der Waals surface area contributed by atoms with Crippen LogP contribution in [0.25, 0.3) is 0 Å². The highest BCUT2D eigenvalue weighted by atomic mass is 35.5. The van der Waals surface area contributed by atoms with Gasteiger partial charge in [0.05, 0.1) is 6.61 Å². The molecular formula is C12H18ClNO. The lowest BCUT2D eigenvalue weighted by atomic mass is 10.1. The molecular weight excluding hydrogens is 210 g/mol. The van der Waals surface area contributed by atoms with Crippen LogP contribution < -0.4 is 10.5 Å². The minimum absolute atomic E-state index is 0.202. The van der Waals surface area contributed by atoms with Gasteiger partial charge in [-0.05, 0) is 37.5 Å². The first kappa shape index (κ1) is 12.3. The van der Waals surface area contributed by atoms with Crippen molar-refractivity contribution in [3.63, 3.8) is 0 Å². The molecule has 1 aromatic rings. The second-order valence-corrected chi connectivity index (χ2v) is 4.09. The van der Waals surface area contributed by atoms with Crippen molar-refractivity contribution in [3.05, 3.63) is 29.8 Å². The van der Waals surface area contributed by atoms with Crippen LogP contribution in [0.3, 0.4) is 0 Å². The molecule has 1 unspecified atom stereocenters. The van der Waals surface area contributed by atoms with Gasteiger partial charge in [-0.1, -0.05) is 12.1 Å². The van der Waals surface area contributed by atoms with Gasteiger partial charge < -0.3 is 10.5 Å². The summed E-state index contributed by atoms with van der Waals surface area (Å²) >= 11 is 5.56. The monoisotopic (exact) mass is 227 g/mol. The van der Waals surface area contributed by atoms with Gasteiger partial charge >= 0.3 is 0 Å². The highest BCUT2D eigenvalue weighted by molar-refractivity contribution is 6.17. The third-order valence-electron chi connectivity index (χ3n) is 2.03. The largest absolute Gasteiger partial charge is 0.494 e. The number of hydrogen-bond acceptors (Lipinski definition) is 2. The summed E-state index contributed by atoms with van der Waals surface area (Å²) in [6.07, 6.45) is 1.78. The molecule has 0 aliphatic carbocycles. The summed E-state index contributed by atoms with van der Waals surface area (Å²) < 4.78 is 5.49. The van der Waals surface area contributed by atoms with Gasteiger partial charge in [-0.15, -0.1) is 11.6 Å². The number of rotatable bonds is 6. The number of hydrogen-bond donors (Lipinski definition) is 1. The number of benzene rings is 1. The minimum atomic E-state index is 0.202. The van der Waals surface area contributed by atoms with Gasteiger partial charge in [0.2, 0.25) is 0 Å². The van der Waals surface area contributed by atoms with Crippen molar-refractivity contribution in [2.75, 3.05) is 12.5 Å². The van der Waals surface area contributed by atoms with E-state index in [-0.39, 0.29) is 6.04 Å². The maximum Gasteiger partial charge on any atom is 0.119 e. The summed E-state index contributed by atoms with van der Waals surface area (Å²) in [4.78, 5) is 0. The van der Waals surface area contributed by atoms with E-state index in [0.717, 1.165) is 18.6 Å². The van der Waals surface area contributed by atoms with Crippen LogP contribution in [-0.2, 0) is 6.42 Å². The first-order valence-electron chi connectivity index (χ1n) is 5.25. The van der Waals surface area contributed by atoms with Gasteiger partial charge in [-0.3, -0.25) is 0 Å². The molecule has 0 bridgehead atoms. The molecule has 0 saturated heterocycles. The van der Waals surface area contributed by atoms with Gasteiger partial charge in [0.1, 0.15) is 5.75 Å². The molecule has 1 aromatic carbocycles. The molecule has 2 N–H and O–H groups in total. The van der Waals surface area contributed by atoms with Crippen LogP contribution in [0.2, 0.25) is 0 Å². The quantitative estimate of drug-likeness (QED) is 0.599. The average molecular weight is 228 g/mol. The highest BCUT2D eigenvalue weighted by Gasteiger charge is 1.98. The fraction of sp³-hybridized carbons (Fsp3) is 0.500. The van der Waals surface area contributed by atoms with Crippen molar-refractivity contribution < 1.29 is 4.74 Å². The number of alkyl halides is 1. The SMILES string of the molecule is CC(N)Cc1ccc(OCCCCl)cc1. The molecule has 0 fully saturated rings. The van der Waals surface area contributed by atoms with Gasteiger partial charge in [0, 0.05) is 11.9 Å². The second-order valence-electron chi connectivity index (χ2n) is 3.72. The van der Waals surface area contributed by atoms with Gasteiger partial charge in [-0.25, -0.2) is 0 Å². The normalized spacial score (nSPS) is 12.5. The molecule has 84 valence electrons. The summed E-state index contributed by atoms with van der Waals surface area (Å²) in [6, 6.07) is 8.27. The summed E-state index contributed by atoms with van der Waals surface area (Å²) in [5.41, 5.74) is 6.96. The zero-order chi connectivity index (χ0) is 11.1. The lowest BCUT2D eigenvalue weighted by molar-refractivity contribution is 0.318. The topological polar surface area (TPSA) is 35.2 Å². The Morgan fingerprint density at radius 3 is 2.53 bits per heavy atom. The smallest absolute Gasteiger partial charge is 0.119 e. The van der Waals surface area contributed by atoms with Crippen LogP contribution in [0.15, 0.2) is 24.3 Å². The summed E-state index contributed by atoms with van der Waals surface area (Å²) in [6.45, 7) is 2.68. The Morgan fingerprint density at radius 2 is 2.00 bits per heavy atom.